The van der Waals surface area contributed by atoms with E-state index >= 15 is 0 Å². The van der Waals surface area contributed by atoms with Crippen molar-refractivity contribution in [1.29, 1.82) is 0 Å². The molecule has 0 aliphatic rings. The zero-order valence-corrected chi connectivity index (χ0v) is 14.3. The Balaban J connectivity index is 2.30. The van der Waals surface area contributed by atoms with Crippen LogP contribution in [0.1, 0.15) is 31.1 Å². The number of hydrogen-bond acceptors (Lipinski definition) is 3. The van der Waals surface area contributed by atoms with Crippen LogP contribution in [0.3, 0.4) is 0 Å². The maximum Gasteiger partial charge on any atom is 0.138 e. The van der Waals surface area contributed by atoms with Crippen molar-refractivity contribution >= 4 is 31.9 Å². The van der Waals surface area contributed by atoms with Gasteiger partial charge in [0.25, 0.3) is 0 Å². The van der Waals surface area contributed by atoms with Crippen molar-refractivity contribution in [2.24, 2.45) is 0 Å². The van der Waals surface area contributed by atoms with Gasteiger partial charge in [0.05, 0.1) is 12.3 Å². The smallest absolute Gasteiger partial charge is 0.138 e. The van der Waals surface area contributed by atoms with E-state index in [4.69, 9.17) is 4.74 Å². The number of hydrogen-bond donors (Lipinski definition) is 1. The molecule has 1 unspecified atom stereocenters. The molecule has 1 aromatic carbocycles. The van der Waals surface area contributed by atoms with Crippen molar-refractivity contribution in [2.45, 2.75) is 26.1 Å². The number of nitrogens with zero attached hydrogens (tertiary/aromatic N) is 1. The number of aliphatic hydroxyl groups is 1. The molecule has 0 bridgehead atoms. The van der Waals surface area contributed by atoms with Crippen LogP contribution in [0, 0.1) is 0 Å². The Morgan fingerprint density at radius 1 is 1.15 bits per heavy atom. The van der Waals surface area contributed by atoms with E-state index in [9.17, 15) is 5.11 Å². The first-order chi connectivity index (χ1) is 9.47. The van der Waals surface area contributed by atoms with Gasteiger partial charge in [0, 0.05) is 20.7 Å². The first-order valence-electron chi connectivity index (χ1n) is 6.22. The molecule has 3 nitrogen and oxygen atoms in total. The van der Waals surface area contributed by atoms with Crippen LogP contribution < -0.4 is 4.74 Å². The number of aromatic nitrogens is 1. The summed E-state index contributed by atoms with van der Waals surface area (Å²) >= 11 is 6.86. The quantitative estimate of drug-likeness (QED) is 0.822. The second-order valence-corrected chi connectivity index (χ2v) is 6.46. The zero-order valence-electron chi connectivity index (χ0n) is 11.2. The van der Waals surface area contributed by atoms with Gasteiger partial charge in [0.2, 0.25) is 0 Å². The van der Waals surface area contributed by atoms with Crippen LogP contribution in [0.2, 0.25) is 0 Å². The Bertz CT molecular complexity index is 602. The molecule has 1 heterocycles. The van der Waals surface area contributed by atoms with E-state index in [0.717, 1.165) is 14.5 Å². The van der Waals surface area contributed by atoms with Gasteiger partial charge in [-0.15, -0.1) is 0 Å². The average Bonchev–Trinajstić information content (AvgIpc) is 2.37. The molecule has 0 radical (unpaired) electrons. The molecule has 0 saturated heterocycles. The van der Waals surface area contributed by atoms with Crippen LogP contribution in [0.5, 0.6) is 5.75 Å². The first-order valence-corrected chi connectivity index (χ1v) is 7.80. The van der Waals surface area contributed by atoms with Gasteiger partial charge in [-0.3, -0.25) is 4.98 Å². The first kappa shape index (κ1) is 15.5. The Labute approximate surface area is 135 Å². The maximum atomic E-state index is 10.5. The van der Waals surface area contributed by atoms with E-state index in [-0.39, 0.29) is 6.10 Å². The fourth-order valence-electron chi connectivity index (χ4n) is 1.82. The Morgan fingerprint density at radius 3 is 2.55 bits per heavy atom. The van der Waals surface area contributed by atoms with Crippen molar-refractivity contribution in [2.75, 3.05) is 0 Å². The molecular formula is C15H15Br2NO2. The molecule has 1 N–H and O–H groups in total. The minimum atomic E-state index is -0.749. The molecule has 0 amide bonds. The lowest BCUT2D eigenvalue weighted by molar-refractivity contribution is 0.215. The molecule has 0 aliphatic carbocycles. The van der Waals surface area contributed by atoms with Gasteiger partial charge in [-0.1, -0.05) is 37.9 Å². The van der Waals surface area contributed by atoms with Crippen LogP contribution in [0.4, 0.5) is 0 Å². The normalized spacial score (nSPS) is 12.5. The number of pyridine rings is 1. The van der Waals surface area contributed by atoms with Gasteiger partial charge >= 0.3 is 0 Å². The molecule has 2 rings (SSSR count). The monoisotopic (exact) mass is 399 g/mol. The Hall–Kier alpha value is -0.910. The van der Waals surface area contributed by atoms with Crippen molar-refractivity contribution in [1.82, 2.24) is 4.98 Å². The lowest BCUT2D eigenvalue weighted by atomic mass is 10.0. The molecule has 1 aromatic heterocycles. The second kappa shape index (κ2) is 6.70. The Kier molecular flexibility index (Phi) is 5.18. The maximum absolute atomic E-state index is 10.5. The molecule has 0 spiro atoms. The lowest BCUT2D eigenvalue weighted by Crippen LogP contribution is -2.07. The summed E-state index contributed by atoms with van der Waals surface area (Å²) in [5, 5.41) is 10.5. The van der Waals surface area contributed by atoms with Crippen LogP contribution in [0.25, 0.3) is 0 Å². The fourth-order valence-corrected chi connectivity index (χ4v) is 3.09. The predicted molar refractivity (Wildman–Crippen MR) is 85.9 cm³/mol. The van der Waals surface area contributed by atoms with E-state index in [1.165, 1.54) is 0 Å². The van der Waals surface area contributed by atoms with Crippen molar-refractivity contribution in [3.63, 3.8) is 0 Å². The minimum Gasteiger partial charge on any atom is -0.489 e. The summed E-state index contributed by atoms with van der Waals surface area (Å²) in [5.74, 6) is 0.657. The molecule has 0 aliphatic heterocycles. The molecule has 2 aromatic rings. The molecular weight excluding hydrogens is 386 g/mol. The van der Waals surface area contributed by atoms with Crippen molar-refractivity contribution < 1.29 is 9.84 Å². The zero-order chi connectivity index (χ0) is 14.7. The van der Waals surface area contributed by atoms with Crippen LogP contribution in [0.15, 0.2) is 45.6 Å². The largest absolute Gasteiger partial charge is 0.489 e. The number of aliphatic hydroxyl groups excluding tert-OH is 1. The van der Waals surface area contributed by atoms with Crippen molar-refractivity contribution in [3.05, 3.63) is 56.7 Å². The van der Waals surface area contributed by atoms with Crippen LogP contribution in [-0.4, -0.2) is 16.2 Å². The standard InChI is InChI=1S/C15H15Br2NO2/c1-9(2)20-12-5-10(7-18-8-12)15(19)13-4-3-11(16)6-14(13)17/h3-9,15,19H,1-2H3. The number of benzene rings is 1. The summed E-state index contributed by atoms with van der Waals surface area (Å²) in [7, 11) is 0. The third kappa shape index (κ3) is 3.81. The fraction of sp³-hybridized carbons (Fsp3) is 0.267. The van der Waals surface area contributed by atoms with E-state index in [0.29, 0.717) is 11.3 Å². The molecule has 5 heteroatoms. The molecule has 1 atom stereocenters. The molecule has 0 saturated carbocycles. The number of rotatable bonds is 4. The average molecular weight is 401 g/mol. The van der Waals surface area contributed by atoms with Gasteiger partial charge in [-0.05, 0) is 37.6 Å². The highest BCUT2D eigenvalue weighted by Crippen LogP contribution is 2.31. The number of ether oxygens (including phenoxy) is 1. The summed E-state index contributed by atoms with van der Waals surface area (Å²) in [6.45, 7) is 3.91. The summed E-state index contributed by atoms with van der Waals surface area (Å²) < 4.78 is 7.39. The summed E-state index contributed by atoms with van der Waals surface area (Å²) in [6, 6.07) is 7.48. The topological polar surface area (TPSA) is 42.4 Å². The van der Waals surface area contributed by atoms with Crippen LogP contribution >= 0.6 is 31.9 Å². The lowest BCUT2D eigenvalue weighted by Gasteiger charge is -2.15. The summed E-state index contributed by atoms with van der Waals surface area (Å²) in [5.41, 5.74) is 1.49. The van der Waals surface area contributed by atoms with E-state index in [1.807, 2.05) is 38.1 Å². The Morgan fingerprint density at radius 2 is 1.90 bits per heavy atom. The van der Waals surface area contributed by atoms with Crippen molar-refractivity contribution in [3.8, 4) is 5.75 Å². The highest BCUT2D eigenvalue weighted by Gasteiger charge is 2.15. The van der Waals surface area contributed by atoms with E-state index in [2.05, 4.69) is 36.8 Å². The van der Waals surface area contributed by atoms with Crippen LogP contribution in [-0.2, 0) is 0 Å². The second-order valence-electron chi connectivity index (χ2n) is 4.69. The third-order valence-corrected chi connectivity index (χ3v) is 3.86. The van der Waals surface area contributed by atoms with E-state index < -0.39 is 6.10 Å². The summed E-state index contributed by atoms with van der Waals surface area (Å²) in [4.78, 5) is 4.12. The molecule has 0 fully saturated rings. The van der Waals surface area contributed by atoms with Gasteiger partial charge < -0.3 is 9.84 Å². The summed E-state index contributed by atoms with van der Waals surface area (Å²) in [6.07, 6.45) is 2.61. The van der Waals surface area contributed by atoms with Gasteiger partial charge in [-0.25, -0.2) is 0 Å². The van der Waals surface area contributed by atoms with Gasteiger partial charge in [0.1, 0.15) is 11.9 Å². The molecule has 106 valence electrons. The van der Waals surface area contributed by atoms with E-state index in [1.54, 1.807) is 12.4 Å². The highest BCUT2D eigenvalue weighted by atomic mass is 79.9. The predicted octanol–water partition coefficient (Wildman–Crippen LogP) is 4.48. The van der Waals surface area contributed by atoms with Gasteiger partial charge in [-0.2, -0.15) is 0 Å². The molecule has 20 heavy (non-hydrogen) atoms. The van der Waals surface area contributed by atoms with Gasteiger partial charge in [0.15, 0.2) is 0 Å². The SMILES string of the molecule is CC(C)Oc1cncc(C(O)c2ccc(Br)cc2Br)c1. The number of halogens is 2. The third-order valence-electron chi connectivity index (χ3n) is 2.68. The minimum absolute atomic E-state index is 0.0728. The highest BCUT2D eigenvalue weighted by molar-refractivity contribution is 9.11.